The normalized spacial score (nSPS) is 14.4. The summed E-state index contributed by atoms with van der Waals surface area (Å²) in [5.74, 6) is 0.887. The van der Waals surface area contributed by atoms with Crippen LogP contribution in [0.4, 0.5) is 0 Å². The molecule has 0 rings (SSSR count). The Morgan fingerprint density at radius 2 is 0.511 bits per heavy atom. The standard InChI is InChI=1S/C75H146O17P2/c1-9-68(8)54-46-38-30-23-25-33-41-49-57-74(79)91-70(61-85-72(77)55-47-39-31-21-19-17-15-13-11-10-12-14-16-18-20-27-35-43-51-65(2)3)63-89-93(81,82)87-59-69(76)60-88-94(83,84)90-64-71(92-75(80)58-50-42-34-26-29-37-45-53-67(6)7)62-86-73(78)56-48-40-32-24-22-28-36-44-52-66(4)5/h65-71,76H,9-64H2,1-8H3,(H,81,82)(H,83,84)/t68?,69?,70-,71-/m1/s1. The monoisotopic (exact) mass is 1380 g/mol. The second-order valence-corrected chi connectivity index (χ2v) is 31.6. The fourth-order valence-electron chi connectivity index (χ4n) is 11.3. The van der Waals surface area contributed by atoms with Gasteiger partial charge in [-0.1, -0.05) is 325 Å². The van der Waals surface area contributed by atoms with Crippen molar-refractivity contribution in [1.29, 1.82) is 0 Å². The molecule has 0 aliphatic rings. The number of hydrogen-bond acceptors (Lipinski definition) is 15. The van der Waals surface area contributed by atoms with Gasteiger partial charge in [0.15, 0.2) is 12.2 Å². The summed E-state index contributed by atoms with van der Waals surface area (Å²) < 4.78 is 68.4. The highest BCUT2D eigenvalue weighted by atomic mass is 31.2. The molecule has 0 bridgehead atoms. The van der Waals surface area contributed by atoms with E-state index in [-0.39, 0.29) is 25.7 Å². The van der Waals surface area contributed by atoms with Gasteiger partial charge in [-0.2, -0.15) is 0 Å². The minimum absolute atomic E-state index is 0.102. The van der Waals surface area contributed by atoms with Crippen molar-refractivity contribution in [3.8, 4) is 0 Å². The molecule has 0 radical (unpaired) electrons. The molecule has 0 saturated heterocycles. The quantitative estimate of drug-likeness (QED) is 0.0222. The molecule has 6 atom stereocenters. The summed E-state index contributed by atoms with van der Waals surface area (Å²) in [6.45, 7) is 14.1. The molecule has 0 aliphatic heterocycles. The molecular weight excluding hydrogens is 1230 g/mol. The molecule has 4 unspecified atom stereocenters. The third-order valence-electron chi connectivity index (χ3n) is 17.7. The summed E-state index contributed by atoms with van der Waals surface area (Å²) in [5, 5.41) is 10.6. The Balaban J connectivity index is 5.17. The van der Waals surface area contributed by atoms with Crippen LogP contribution >= 0.6 is 15.6 Å². The van der Waals surface area contributed by atoms with Crippen LogP contribution in [0.1, 0.15) is 376 Å². The Kier molecular flexibility index (Phi) is 63.1. The maximum absolute atomic E-state index is 13.1. The minimum atomic E-state index is -4.96. The van der Waals surface area contributed by atoms with Crippen molar-refractivity contribution in [2.45, 2.75) is 395 Å². The summed E-state index contributed by atoms with van der Waals surface area (Å²) in [6, 6.07) is 0. The van der Waals surface area contributed by atoms with Gasteiger partial charge >= 0.3 is 39.5 Å². The lowest BCUT2D eigenvalue weighted by molar-refractivity contribution is -0.161. The number of rotatable bonds is 72. The van der Waals surface area contributed by atoms with Crippen molar-refractivity contribution in [2.75, 3.05) is 39.6 Å². The van der Waals surface area contributed by atoms with Crippen molar-refractivity contribution < 1.29 is 80.2 Å². The Labute approximate surface area is 575 Å². The van der Waals surface area contributed by atoms with Gasteiger partial charge in [0.1, 0.15) is 19.3 Å². The van der Waals surface area contributed by atoms with Crippen LogP contribution < -0.4 is 0 Å². The first-order valence-corrected chi connectivity index (χ1v) is 41.7. The lowest BCUT2D eigenvalue weighted by atomic mass is 9.99. The first-order valence-electron chi connectivity index (χ1n) is 38.7. The summed E-state index contributed by atoms with van der Waals surface area (Å²) in [4.78, 5) is 72.7. The third kappa shape index (κ3) is 67.3. The number of carbonyl (C=O) groups is 4. The molecule has 19 heteroatoms. The zero-order valence-corrected chi connectivity index (χ0v) is 63.4. The Bertz CT molecular complexity index is 1850. The van der Waals surface area contributed by atoms with Crippen LogP contribution in [0.2, 0.25) is 0 Å². The fraction of sp³-hybridized carbons (Fsp3) is 0.947. The molecule has 0 aromatic carbocycles. The van der Waals surface area contributed by atoms with Crippen molar-refractivity contribution in [3.63, 3.8) is 0 Å². The molecule has 0 amide bonds. The predicted octanol–water partition coefficient (Wildman–Crippen LogP) is 21.7. The molecule has 0 aliphatic carbocycles. The topological polar surface area (TPSA) is 237 Å². The molecule has 94 heavy (non-hydrogen) atoms. The predicted molar refractivity (Wildman–Crippen MR) is 381 cm³/mol. The van der Waals surface area contributed by atoms with Gasteiger partial charge in [-0.15, -0.1) is 0 Å². The van der Waals surface area contributed by atoms with Crippen molar-refractivity contribution >= 4 is 39.5 Å². The van der Waals surface area contributed by atoms with Gasteiger partial charge in [0, 0.05) is 25.7 Å². The smallest absolute Gasteiger partial charge is 0.462 e. The molecule has 0 fully saturated rings. The van der Waals surface area contributed by atoms with Crippen LogP contribution in [0.25, 0.3) is 0 Å². The van der Waals surface area contributed by atoms with Gasteiger partial charge in [0.05, 0.1) is 26.4 Å². The third-order valence-corrected chi connectivity index (χ3v) is 19.6. The maximum Gasteiger partial charge on any atom is 0.472 e. The Morgan fingerprint density at radius 3 is 0.755 bits per heavy atom. The number of hydrogen-bond donors (Lipinski definition) is 3. The number of esters is 4. The van der Waals surface area contributed by atoms with Crippen molar-refractivity contribution in [3.05, 3.63) is 0 Å². The number of phosphoric ester groups is 2. The lowest BCUT2D eigenvalue weighted by Crippen LogP contribution is -2.30. The van der Waals surface area contributed by atoms with E-state index in [9.17, 15) is 43.2 Å². The Hall–Kier alpha value is -1.94. The van der Waals surface area contributed by atoms with E-state index < -0.39 is 97.5 Å². The molecular formula is C75H146O17P2. The highest BCUT2D eigenvalue weighted by Gasteiger charge is 2.30. The summed E-state index contributed by atoms with van der Waals surface area (Å²) in [6.07, 6.45) is 48.8. The molecule has 558 valence electrons. The van der Waals surface area contributed by atoms with E-state index in [1.807, 2.05) is 0 Å². The second-order valence-electron chi connectivity index (χ2n) is 28.7. The van der Waals surface area contributed by atoms with Crippen molar-refractivity contribution in [2.24, 2.45) is 23.7 Å². The summed E-state index contributed by atoms with van der Waals surface area (Å²) >= 11 is 0. The highest BCUT2D eigenvalue weighted by molar-refractivity contribution is 7.47. The number of aliphatic hydroxyl groups excluding tert-OH is 1. The van der Waals surface area contributed by atoms with Gasteiger partial charge in [-0.05, 0) is 49.4 Å². The van der Waals surface area contributed by atoms with Crippen LogP contribution in [0.3, 0.4) is 0 Å². The average molecular weight is 1380 g/mol. The van der Waals surface area contributed by atoms with Gasteiger partial charge in [-0.3, -0.25) is 37.3 Å². The maximum atomic E-state index is 13.1. The molecule has 0 aromatic heterocycles. The SMILES string of the molecule is CCC(C)CCCCCCCCCCC(=O)O[C@H](COC(=O)CCCCCCCCCCCCCCCCCCCCC(C)C)COP(=O)(O)OCC(O)COP(=O)(O)OC[C@@H](COC(=O)CCCCCCCCCCC(C)C)OC(=O)CCCCCCCCCC(C)C. The van der Waals surface area contributed by atoms with Crippen molar-refractivity contribution in [1.82, 2.24) is 0 Å². The molecule has 3 N–H and O–H groups in total. The molecule has 0 spiro atoms. The van der Waals surface area contributed by atoms with Gasteiger partial charge in [-0.25, -0.2) is 9.13 Å². The number of aliphatic hydroxyl groups is 1. The van der Waals surface area contributed by atoms with E-state index in [2.05, 4.69) is 55.4 Å². The zero-order valence-electron chi connectivity index (χ0n) is 61.6. The van der Waals surface area contributed by atoms with E-state index in [4.69, 9.17) is 37.0 Å². The number of unbranched alkanes of at least 4 members (excludes halogenated alkanes) is 37. The molecule has 17 nitrogen and oxygen atoms in total. The largest absolute Gasteiger partial charge is 0.472 e. The molecule has 0 heterocycles. The van der Waals surface area contributed by atoms with Crippen LogP contribution in [-0.2, 0) is 65.4 Å². The first-order chi connectivity index (χ1) is 45.1. The lowest BCUT2D eigenvalue weighted by Gasteiger charge is -2.21. The van der Waals surface area contributed by atoms with E-state index in [0.717, 1.165) is 108 Å². The van der Waals surface area contributed by atoms with Crippen LogP contribution in [0.15, 0.2) is 0 Å². The van der Waals surface area contributed by atoms with Crippen LogP contribution in [0.5, 0.6) is 0 Å². The molecule has 0 saturated carbocycles. The van der Waals surface area contributed by atoms with Gasteiger partial charge in [0.2, 0.25) is 0 Å². The Morgan fingerprint density at radius 1 is 0.298 bits per heavy atom. The van der Waals surface area contributed by atoms with Gasteiger partial charge < -0.3 is 33.8 Å². The highest BCUT2D eigenvalue weighted by Crippen LogP contribution is 2.45. The van der Waals surface area contributed by atoms with Crippen LogP contribution in [-0.4, -0.2) is 96.7 Å². The minimum Gasteiger partial charge on any atom is -0.462 e. The summed E-state index contributed by atoms with van der Waals surface area (Å²) in [5.41, 5.74) is 0. The van der Waals surface area contributed by atoms with Gasteiger partial charge in [0.25, 0.3) is 0 Å². The summed E-state index contributed by atoms with van der Waals surface area (Å²) in [7, 11) is -9.91. The number of carbonyl (C=O) groups excluding carboxylic acids is 4. The first kappa shape index (κ1) is 92.1. The van der Waals surface area contributed by atoms with E-state index in [1.54, 1.807) is 0 Å². The van der Waals surface area contributed by atoms with E-state index in [0.29, 0.717) is 31.6 Å². The zero-order chi connectivity index (χ0) is 69.6. The number of phosphoric acid groups is 2. The number of ether oxygens (including phenoxy) is 4. The molecule has 0 aromatic rings. The fourth-order valence-corrected chi connectivity index (χ4v) is 12.9. The van der Waals surface area contributed by atoms with E-state index in [1.165, 1.54) is 180 Å². The van der Waals surface area contributed by atoms with Crippen LogP contribution in [0, 0.1) is 23.7 Å². The second kappa shape index (κ2) is 64.4. The average Bonchev–Trinajstić information content (AvgIpc) is 2.05. The van der Waals surface area contributed by atoms with E-state index >= 15 is 0 Å².